The Balaban J connectivity index is 1.43. The van der Waals surface area contributed by atoms with Crippen molar-refractivity contribution in [3.8, 4) is 11.3 Å². The Morgan fingerprint density at radius 2 is 1.94 bits per heavy atom. The SMILES string of the molecule is Cc1cc(-c2[nH]c3ccc([C@@H]4C[C@H]4C(=O)N(C)C4CCNCC4)cc3c2C(C)C)ccn1. The zero-order valence-corrected chi connectivity index (χ0v) is 19.6. The first-order chi connectivity index (χ1) is 15.4. The molecule has 168 valence electrons. The highest BCUT2D eigenvalue weighted by atomic mass is 16.2. The maximum absolute atomic E-state index is 13.1. The highest BCUT2D eigenvalue weighted by Crippen LogP contribution is 2.50. The molecule has 3 aromatic rings. The minimum Gasteiger partial charge on any atom is -0.354 e. The molecule has 2 fully saturated rings. The van der Waals surface area contributed by atoms with Crippen molar-refractivity contribution in [3.05, 3.63) is 53.3 Å². The highest BCUT2D eigenvalue weighted by Gasteiger charge is 2.46. The lowest BCUT2D eigenvalue weighted by Gasteiger charge is -2.32. The number of piperidine rings is 1. The third kappa shape index (κ3) is 3.83. The van der Waals surface area contributed by atoms with E-state index in [0.29, 0.717) is 23.8 Å². The molecular formula is C27H34N4O. The van der Waals surface area contributed by atoms with Crippen LogP contribution in [-0.4, -0.2) is 47.0 Å². The standard InChI is InChI=1S/C27H34N4O/c1-16(2)25-23-14-18(5-6-24(23)30-26(25)19-7-12-29-17(3)13-19)21-15-22(21)27(32)31(4)20-8-10-28-11-9-20/h5-7,12-14,16,20-22,28,30H,8-11,15H2,1-4H3/t21-,22+/m0/s1. The lowest BCUT2D eigenvalue weighted by Crippen LogP contribution is -2.44. The van der Waals surface area contributed by atoms with Crippen LogP contribution in [0.1, 0.15) is 61.8 Å². The molecule has 1 aromatic carbocycles. The van der Waals surface area contributed by atoms with E-state index in [1.165, 1.54) is 27.8 Å². The number of amides is 1. The number of hydrogen-bond acceptors (Lipinski definition) is 3. The topological polar surface area (TPSA) is 61.0 Å². The molecule has 2 aliphatic rings. The fourth-order valence-electron chi connectivity index (χ4n) is 5.46. The van der Waals surface area contributed by atoms with Gasteiger partial charge in [0.2, 0.25) is 5.91 Å². The van der Waals surface area contributed by atoms with Gasteiger partial charge in [0.15, 0.2) is 0 Å². The Morgan fingerprint density at radius 3 is 2.66 bits per heavy atom. The van der Waals surface area contributed by atoms with Crippen LogP contribution >= 0.6 is 0 Å². The van der Waals surface area contributed by atoms with Crippen molar-refractivity contribution in [1.82, 2.24) is 20.2 Å². The number of benzene rings is 1. The number of fused-ring (bicyclic) bond motifs is 1. The Hall–Kier alpha value is -2.66. The molecule has 3 heterocycles. The average molecular weight is 431 g/mol. The van der Waals surface area contributed by atoms with Gasteiger partial charge in [-0.1, -0.05) is 19.9 Å². The van der Waals surface area contributed by atoms with Crippen molar-refractivity contribution in [2.75, 3.05) is 20.1 Å². The van der Waals surface area contributed by atoms with Crippen molar-refractivity contribution in [2.24, 2.45) is 5.92 Å². The molecule has 32 heavy (non-hydrogen) atoms. The Kier molecular flexibility index (Phi) is 5.54. The van der Waals surface area contributed by atoms with Gasteiger partial charge in [-0.15, -0.1) is 0 Å². The van der Waals surface area contributed by atoms with Crippen molar-refractivity contribution < 1.29 is 4.79 Å². The number of aromatic amines is 1. The molecule has 0 radical (unpaired) electrons. The highest BCUT2D eigenvalue weighted by molar-refractivity contribution is 5.92. The van der Waals surface area contributed by atoms with Crippen LogP contribution < -0.4 is 5.32 Å². The van der Waals surface area contributed by atoms with Gasteiger partial charge in [0.25, 0.3) is 0 Å². The maximum Gasteiger partial charge on any atom is 0.226 e. The summed E-state index contributed by atoms with van der Waals surface area (Å²) in [4.78, 5) is 23.2. The number of carbonyl (C=O) groups is 1. The van der Waals surface area contributed by atoms with Gasteiger partial charge in [0.1, 0.15) is 0 Å². The van der Waals surface area contributed by atoms with E-state index in [2.05, 4.69) is 59.5 Å². The summed E-state index contributed by atoms with van der Waals surface area (Å²) >= 11 is 0. The predicted molar refractivity (Wildman–Crippen MR) is 130 cm³/mol. The molecule has 0 unspecified atom stereocenters. The van der Waals surface area contributed by atoms with Crippen molar-refractivity contribution in [1.29, 1.82) is 0 Å². The van der Waals surface area contributed by atoms with Crippen LogP contribution in [0.15, 0.2) is 36.5 Å². The van der Waals surface area contributed by atoms with Gasteiger partial charge >= 0.3 is 0 Å². The second kappa shape index (κ2) is 8.36. The Morgan fingerprint density at radius 1 is 1.16 bits per heavy atom. The fourth-order valence-corrected chi connectivity index (χ4v) is 5.46. The summed E-state index contributed by atoms with van der Waals surface area (Å²) in [5.74, 6) is 1.20. The van der Waals surface area contributed by atoms with Gasteiger partial charge in [0, 0.05) is 47.4 Å². The van der Waals surface area contributed by atoms with Gasteiger partial charge in [-0.2, -0.15) is 0 Å². The molecule has 5 heteroatoms. The lowest BCUT2D eigenvalue weighted by molar-refractivity contribution is -0.133. The molecule has 1 amide bonds. The molecule has 2 aromatic heterocycles. The van der Waals surface area contributed by atoms with E-state index in [1.54, 1.807) is 0 Å². The quantitative estimate of drug-likeness (QED) is 0.600. The van der Waals surface area contributed by atoms with Gasteiger partial charge in [0.05, 0.1) is 5.69 Å². The van der Waals surface area contributed by atoms with Crippen LogP contribution in [0.5, 0.6) is 0 Å². The van der Waals surface area contributed by atoms with Gasteiger partial charge < -0.3 is 15.2 Å². The number of aryl methyl sites for hydroxylation is 1. The first-order valence-electron chi connectivity index (χ1n) is 12.0. The van der Waals surface area contributed by atoms with Crippen LogP contribution in [0.4, 0.5) is 0 Å². The number of pyridine rings is 1. The van der Waals surface area contributed by atoms with Gasteiger partial charge in [-0.05, 0) is 86.5 Å². The van der Waals surface area contributed by atoms with E-state index in [0.717, 1.165) is 43.6 Å². The normalized spacial score (nSPS) is 21.3. The summed E-state index contributed by atoms with van der Waals surface area (Å²) < 4.78 is 0. The molecule has 1 saturated carbocycles. The van der Waals surface area contributed by atoms with E-state index in [-0.39, 0.29) is 5.92 Å². The predicted octanol–water partition coefficient (Wildman–Crippen LogP) is 4.98. The van der Waals surface area contributed by atoms with E-state index in [9.17, 15) is 4.79 Å². The Labute approximate surface area is 190 Å². The smallest absolute Gasteiger partial charge is 0.226 e. The first kappa shape index (κ1) is 21.2. The summed E-state index contributed by atoms with van der Waals surface area (Å²) in [7, 11) is 2.00. The summed E-state index contributed by atoms with van der Waals surface area (Å²) in [6.45, 7) is 8.56. The molecule has 1 aliphatic carbocycles. The van der Waals surface area contributed by atoms with E-state index >= 15 is 0 Å². The van der Waals surface area contributed by atoms with Crippen LogP contribution in [-0.2, 0) is 4.79 Å². The molecule has 5 rings (SSSR count). The maximum atomic E-state index is 13.1. The number of rotatable bonds is 5. The third-order valence-electron chi connectivity index (χ3n) is 7.37. The molecule has 5 nitrogen and oxygen atoms in total. The molecule has 0 bridgehead atoms. The second-order valence-corrected chi connectivity index (χ2v) is 9.94. The number of hydrogen-bond donors (Lipinski definition) is 2. The average Bonchev–Trinajstić information content (AvgIpc) is 3.50. The fraction of sp³-hybridized carbons (Fsp3) is 0.481. The van der Waals surface area contributed by atoms with Crippen molar-refractivity contribution in [2.45, 2.75) is 57.9 Å². The number of nitrogens with zero attached hydrogens (tertiary/aromatic N) is 2. The minimum absolute atomic E-state index is 0.135. The molecule has 1 aliphatic heterocycles. The van der Waals surface area contributed by atoms with Crippen LogP contribution in [0.25, 0.3) is 22.2 Å². The number of H-pyrrole nitrogens is 1. The third-order valence-corrected chi connectivity index (χ3v) is 7.37. The largest absolute Gasteiger partial charge is 0.354 e. The molecule has 2 N–H and O–H groups in total. The molecule has 0 spiro atoms. The van der Waals surface area contributed by atoms with Gasteiger partial charge in [-0.3, -0.25) is 9.78 Å². The van der Waals surface area contributed by atoms with Crippen molar-refractivity contribution >= 4 is 16.8 Å². The molecule has 2 atom stereocenters. The summed E-state index contributed by atoms with van der Waals surface area (Å²) in [5, 5.41) is 4.68. The second-order valence-electron chi connectivity index (χ2n) is 9.94. The minimum atomic E-state index is 0.135. The van der Waals surface area contributed by atoms with Gasteiger partial charge in [-0.25, -0.2) is 0 Å². The van der Waals surface area contributed by atoms with E-state index in [1.807, 2.05) is 25.1 Å². The Bertz CT molecular complexity index is 1140. The van der Waals surface area contributed by atoms with Crippen LogP contribution in [0.2, 0.25) is 0 Å². The van der Waals surface area contributed by atoms with Crippen molar-refractivity contribution in [3.63, 3.8) is 0 Å². The summed E-state index contributed by atoms with van der Waals surface area (Å²) in [6.07, 6.45) is 4.97. The summed E-state index contributed by atoms with van der Waals surface area (Å²) in [6, 6.07) is 11.4. The number of aromatic nitrogens is 2. The summed E-state index contributed by atoms with van der Waals surface area (Å²) in [5.41, 5.74) is 7.20. The van der Waals surface area contributed by atoms with Crippen LogP contribution in [0, 0.1) is 12.8 Å². The number of carbonyl (C=O) groups excluding carboxylic acids is 1. The first-order valence-corrected chi connectivity index (χ1v) is 12.0. The lowest BCUT2D eigenvalue weighted by atomic mass is 9.94. The van der Waals surface area contributed by atoms with E-state index < -0.39 is 0 Å². The zero-order valence-electron chi connectivity index (χ0n) is 19.6. The molecule has 1 saturated heterocycles. The monoisotopic (exact) mass is 430 g/mol. The van der Waals surface area contributed by atoms with E-state index in [4.69, 9.17) is 0 Å². The number of nitrogens with one attached hydrogen (secondary N) is 2. The molecular weight excluding hydrogens is 396 g/mol. The van der Waals surface area contributed by atoms with Crippen LogP contribution in [0.3, 0.4) is 0 Å². The zero-order chi connectivity index (χ0) is 22.4.